The molecule has 2 aliphatic rings. The average molecular weight is 601 g/mol. The van der Waals surface area contributed by atoms with Crippen LogP contribution in [0.3, 0.4) is 0 Å². The number of ketones is 1. The van der Waals surface area contributed by atoms with E-state index in [1.807, 2.05) is 0 Å². The zero-order valence-corrected chi connectivity index (χ0v) is 21.0. The summed E-state index contributed by atoms with van der Waals surface area (Å²) in [6, 6.07) is 11.0. The summed E-state index contributed by atoms with van der Waals surface area (Å²) in [5.41, 5.74) is 0.198. The monoisotopic (exact) mass is 598 g/mol. The first kappa shape index (κ1) is 24.0. The number of fused-ring (bicyclic) bond motifs is 1. The van der Waals surface area contributed by atoms with Gasteiger partial charge in [0.2, 0.25) is 0 Å². The first-order valence-electron chi connectivity index (χ1n) is 10.2. The van der Waals surface area contributed by atoms with Crippen molar-refractivity contribution >= 4 is 67.0 Å². The fourth-order valence-corrected chi connectivity index (χ4v) is 5.64. The van der Waals surface area contributed by atoms with Gasteiger partial charge in [0.05, 0.1) is 22.4 Å². The van der Waals surface area contributed by atoms with Gasteiger partial charge in [0.1, 0.15) is 12.4 Å². The van der Waals surface area contributed by atoms with Gasteiger partial charge in [0.15, 0.2) is 5.78 Å². The molecule has 33 heavy (non-hydrogen) atoms. The van der Waals surface area contributed by atoms with Crippen molar-refractivity contribution in [2.75, 3.05) is 6.54 Å². The van der Waals surface area contributed by atoms with E-state index >= 15 is 0 Å². The largest absolute Gasteiger partial charge is 0.292 e. The van der Waals surface area contributed by atoms with E-state index in [9.17, 15) is 23.6 Å². The predicted molar refractivity (Wildman–Crippen MR) is 127 cm³/mol. The minimum Gasteiger partial charge on any atom is -0.292 e. The van der Waals surface area contributed by atoms with E-state index in [1.165, 1.54) is 24.3 Å². The normalized spacial score (nSPS) is 24.5. The molecule has 0 aromatic heterocycles. The topological polar surface area (TPSA) is 74.8 Å². The standard InChI is InChI=1S/C23H18Br2ClFN2O4/c24-17-9-15-16(10-18(17)25)23(33)29(22(15)32)28(21(31)14-3-1-2-4-19(14)26)11-20(30)12-5-7-13(27)8-6-12/h1-8,15-18H,9-11H2/t15-,16-,17+,18+/m1/s1. The summed E-state index contributed by atoms with van der Waals surface area (Å²) < 4.78 is 13.3. The molecule has 6 nitrogen and oxygen atoms in total. The molecule has 1 saturated carbocycles. The second-order valence-electron chi connectivity index (χ2n) is 7.98. The summed E-state index contributed by atoms with van der Waals surface area (Å²) >= 11 is 13.3. The van der Waals surface area contributed by atoms with Crippen LogP contribution in [-0.4, -0.2) is 49.7 Å². The molecule has 3 amide bonds. The van der Waals surface area contributed by atoms with E-state index in [4.69, 9.17) is 11.6 Å². The number of hydrogen-bond donors (Lipinski definition) is 0. The molecule has 2 fully saturated rings. The van der Waals surface area contributed by atoms with Crippen molar-refractivity contribution in [3.05, 3.63) is 70.5 Å². The van der Waals surface area contributed by atoms with Gasteiger partial charge in [-0.1, -0.05) is 55.6 Å². The Balaban J connectivity index is 1.71. The molecule has 0 unspecified atom stereocenters. The molecule has 2 aromatic carbocycles. The van der Waals surface area contributed by atoms with Gasteiger partial charge in [-0.25, -0.2) is 9.40 Å². The summed E-state index contributed by atoms with van der Waals surface area (Å²) in [7, 11) is 0. The van der Waals surface area contributed by atoms with Crippen LogP contribution in [-0.2, 0) is 9.59 Å². The van der Waals surface area contributed by atoms with Gasteiger partial charge in [-0.2, -0.15) is 5.01 Å². The van der Waals surface area contributed by atoms with Crippen LogP contribution >= 0.6 is 43.5 Å². The van der Waals surface area contributed by atoms with Crippen molar-refractivity contribution in [1.82, 2.24) is 10.0 Å². The zero-order chi connectivity index (χ0) is 23.9. The van der Waals surface area contributed by atoms with Crippen LogP contribution in [0.5, 0.6) is 0 Å². The van der Waals surface area contributed by atoms with Gasteiger partial charge in [-0.05, 0) is 49.2 Å². The Bertz CT molecular complexity index is 1100. The lowest BCUT2D eigenvalue weighted by molar-refractivity contribution is -0.154. The first-order valence-corrected chi connectivity index (χ1v) is 12.4. The lowest BCUT2D eigenvalue weighted by Crippen LogP contribution is -2.52. The molecule has 10 heteroatoms. The number of hydrazine groups is 1. The number of benzene rings is 2. The number of carbonyl (C=O) groups excluding carboxylic acids is 4. The van der Waals surface area contributed by atoms with Gasteiger partial charge < -0.3 is 0 Å². The second-order valence-corrected chi connectivity index (χ2v) is 10.7. The average Bonchev–Trinajstić information content (AvgIpc) is 3.02. The molecule has 4 atom stereocenters. The van der Waals surface area contributed by atoms with Crippen molar-refractivity contribution in [3.63, 3.8) is 0 Å². The molecule has 4 rings (SSSR count). The third kappa shape index (κ3) is 4.63. The highest BCUT2D eigenvalue weighted by atomic mass is 79.9. The molecule has 1 saturated heterocycles. The van der Waals surface area contributed by atoms with Crippen molar-refractivity contribution in [3.8, 4) is 0 Å². The molecule has 1 aliphatic carbocycles. The van der Waals surface area contributed by atoms with Crippen LogP contribution < -0.4 is 0 Å². The van der Waals surface area contributed by atoms with E-state index in [2.05, 4.69) is 31.9 Å². The van der Waals surface area contributed by atoms with Gasteiger partial charge in [0, 0.05) is 15.2 Å². The van der Waals surface area contributed by atoms with E-state index in [0.717, 1.165) is 22.2 Å². The van der Waals surface area contributed by atoms with Crippen LogP contribution in [0.2, 0.25) is 5.02 Å². The summed E-state index contributed by atoms with van der Waals surface area (Å²) in [6.07, 6.45) is 0.837. The SMILES string of the molecule is O=C(CN(C(=O)c1ccccc1Cl)N1C(=O)[C@@H]2C[C@H](Br)[C@@H](Br)C[C@H]2C1=O)c1ccc(F)cc1. The van der Waals surface area contributed by atoms with Crippen LogP contribution in [0, 0.1) is 17.7 Å². The fourth-order valence-electron chi connectivity index (χ4n) is 4.19. The van der Waals surface area contributed by atoms with E-state index < -0.39 is 47.7 Å². The molecule has 172 valence electrons. The van der Waals surface area contributed by atoms with Crippen LogP contribution in [0.1, 0.15) is 33.6 Å². The Hall–Kier alpha value is -2.10. The number of nitrogens with zero attached hydrogens (tertiary/aromatic N) is 2. The predicted octanol–water partition coefficient (Wildman–Crippen LogP) is 4.64. The Morgan fingerprint density at radius 2 is 1.52 bits per heavy atom. The highest BCUT2D eigenvalue weighted by Gasteiger charge is 2.54. The van der Waals surface area contributed by atoms with Crippen LogP contribution in [0.15, 0.2) is 48.5 Å². The Morgan fingerprint density at radius 3 is 2.06 bits per heavy atom. The van der Waals surface area contributed by atoms with Gasteiger partial charge in [0.25, 0.3) is 17.7 Å². The lowest BCUT2D eigenvalue weighted by atomic mass is 9.81. The van der Waals surface area contributed by atoms with Crippen molar-refractivity contribution < 1.29 is 23.6 Å². The maximum atomic E-state index is 13.5. The fraction of sp³-hybridized carbons (Fsp3) is 0.304. The second kappa shape index (κ2) is 9.64. The number of halogens is 4. The Labute approximate surface area is 211 Å². The quantitative estimate of drug-likeness (QED) is 0.285. The van der Waals surface area contributed by atoms with Gasteiger partial charge in [-0.3, -0.25) is 19.2 Å². The molecule has 0 spiro atoms. The first-order chi connectivity index (χ1) is 15.7. The van der Waals surface area contributed by atoms with Gasteiger partial charge >= 0.3 is 0 Å². The summed E-state index contributed by atoms with van der Waals surface area (Å²) in [5, 5.41) is 1.79. The Morgan fingerprint density at radius 1 is 0.970 bits per heavy atom. The molecule has 1 heterocycles. The maximum Gasteiger partial charge on any atom is 0.274 e. The number of rotatable bonds is 5. The highest BCUT2D eigenvalue weighted by Crippen LogP contribution is 2.43. The molecule has 0 radical (unpaired) electrons. The summed E-state index contributed by atoms with van der Waals surface area (Å²) in [6.45, 7) is -0.581. The van der Waals surface area contributed by atoms with Crippen molar-refractivity contribution in [2.45, 2.75) is 22.5 Å². The molecule has 0 N–H and O–H groups in total. The molecular weight excluding hydrogens is 583 g/mol. The third-order valence-electron chi connectivity index (χ3n) is 5.93. The number of amides is 3. The van der Waals surface area contributed by atoms with Crippen molar-refractivity contribution in [2.24, 2.45) is 11.8 Å². The number of Topliss-reactive ketones (excluding diaryl/α,β-unsaturated/α-hetero) is 1. The van der Waals surface area contributed by atoms with Crippen molar-refractivity contribution in [1.29, 1.82) is 0 Å². The zero-order valence-electron chi connectivity index (χ0n) is 17.1. The summed E-state index contributed by atoms with van der Waals surface area (Å²) in [5.74, 6) is -4.07. The molecule has 0 bridgehead atoms. The van der Waals surface area contributed by atoms with Crippen LogP contribution in [0.4, 0.5) is 4.39 Å². The van der Waals surface area contributed by atoms with E-state index in [-0.39, 0.29) is 25.8 Å². The third-order valence-corrected chi connectivity index (χ3v) is 8.99. The van der Waals surface area contributed by atoms with Crippen LogP contribution in [0.25, 0.3) is 0 Å². The highest BCUT2D eigenvalue weighted by molar-refractivity contribution is 9.12. The number of imide groups is 1. The minimum atomic E-state index is -0.748. The maximum absolute atomic E-state index is 13.5. The number of alkyl halides is 2. The molecule has 1 aliphatic heterocycles. The minimum absolute atomic E-state index is 0.0102. The smallest absolute Gasteiger partial charge is 0.274 e. The number of hydrogen-bond acceptors (Lipinski definition) is 4. The molecule has 2 aromatic rings. The number of carbonyl (C=O) groups is 4. The van der Waals surface area contributed by atoms with E-state index in [0.29, 0.717) is 12.8 Å². The Kier molecular flexibility index (Phi) is 7.02. The summed E-state index contributed by atoms with van der Waals surface area (Å²) in [4.78, 5) is 53.0. The van der Waals surface area contributed by atoms with Gasteiger partial charge in [-0.15, -0.1) is 0 Å². The molecular formula is C23H18Br2ClFN2O4. The lowest BCUT2D eigenvalue weighted by Gasteiger charge is -2.30. The van der Waals surface area contributed by atoms with E-state index in [1.54, 1.807) is 12.1 Å².